The van der Waals surface area contributed by atoms with Crippen LogP contribution in [0.1, 0.15) is 17.3 Å². The maximum absolute atomic E-state index is 11.5. The maximum Gasteiger partial charge on any atom is 0.252 e. The van der Waals surface area contributed by atoms with Crippen LogP contribution in [0.4, 0.5) is 0 Å². The van der Waals surface area contributed by atoms with Gasteiger partial charge in [-0.05, 0) is 43.3 Å². The van der Waals surface area contributed by atoms with Gasteiger partial charge in [-0.2, -0.15) is 0 Å². The van der Waals surface area contributed by atoms with E-state index in [4.69, 9.17) is 24.7 Å². The van der Waals surface area contributed by atoms with E-state index in [1.54, 1.807) is 18.2 Å². The molecule has 6 nitrogen and oxygen atoms in total. The molecule has 0 fully saturated rings. The number of nitrogens with two attached hydrogens (primary N) is 1. The molecule has 2 aromatic carbocycles. The molecule has 0 bridgehead atoms. The van der Waals surface area contributed by atoms with E-state index in [2.05, 4.69) is 0 Å². The molecule has 128 valence electrons. The fourth-order valence-electron chi connectivity index (χ4n) is 2.12. The summed E-state index contributed by atoms with van der Waals surface area (Å²) >= 11 is 0. The summed E-state index contributed by atoms with van der Waals surface area (Å²) in [6, 6.07) is 12.3. The van der Waals surface area contributed by atoms with Crippen LogP contribution in [0.15, 0.2) is 42.5 Å². The second kappa shape index (κ2) is 8.67. The summed E-state index contributed by atoms with van der Waals surface area (Å²) in [5.74, 6) is 1.70. The molecule has 0 aliphatic heterocycles. The van der Waals surface area contributed by atoms with Crippen LogP contribution in [-0.4, -0.2) is 32.8 Å². The molecule has 0 saturated heterocycles. The molecule has 0 aromatic heterocycles. The number of carbonyl (C=O) groups is 1. The molecule has 1 amide bonds. The Morgan fingerprint density at radius 2 is 1.58 bits per heavy atom. The molecule has 0 aliphatic rings. The van der Waals surface area contributed by atoms with Crippen molar-refractivity contribution in [3.05, 3.63) is 48.0 Å². The van der Waals surface area contributed by atoms with Crippen molar-refractivity contribution in [1.29, 1.82) is 0 Å². The van der Waals surface area contributed by atoms with Gasteiger partial charge in [0.1, 0.15) is 24.7 Å². The second-order valence-corrected chi connectivity index (χ2v) is 4.80. The van der Waals surface area contributed by atoms with E-state index in [0.717, 1.165) is 5.75 Å². The van der Waals surface area contributed by atoms with E-state index < -0.39 is 5.91 Å². The minimum absolute atomic E-state index is 0.244. The van der Waals surface area contributed by atoms with Gasteiger partial charge in [-0.25, -0.2) is 0 Å². The largest absolute Gasteiger partial charge is 0.494 e. The zero-order chi connectivity index (χ0) is 17.4. The van der Waals surface area contributed by atoms with Gasteiger partial charge < -0.3 is 24.7 Å². The fraction of sp³-hybridized carbons (Fsp3) is 0.278. The molecule has 24 heavy (non-hydrogen) atoms. The van der Waals surface area contributed by atoms with Crippen molar-refractivity contribution in [2.75, 3.05) is 26.9 Å². The topological polar surface area (TPSA) is 80.0 Å². The predicted molar refractivity (Wildman–Crippen MR) is 90.1 cm³/mol. The highest BCUT2D eigenvalue weighted by Crippen LogP contribution is 2.30. The van der Waals surface area contributed by atoms with Crippen molar-refractivity contribution < 1.29 is 23.7 Å². The third-order valence-electron chi connectivity index (χ3n) is 3.20. The SMILES string of the molecule is CCOc1ccc(OCCOc2c(OC)cccc2C(N)=O)cc1. The van der Waals surface area contributed by atoms with Gasteiger partial charge in [0.2, 0.25) is 0 Å². The van der Waals surface area contributed by atoms with Crippen LogP contribution in [-0.2, 0) is 0 Å². The summed E-state index contributed by atoms with van der Waals surface area (Å²) in [6.07, 6.45) is 0. The number of carbonyl (C=O) groups excluding carboxylic acids is 1. The van der Waals surface area contributed by atoms with Gasteiger partial charge in [0.15, 0.2) is 11.5 Å². The lowest BCUT2D eigenvalue weighted by molar-refractivity contribution is 0.0994. The first-order valence-electron chi connectivity index (χ1n) is 7.61. The molecule has 0 aliphatic carbocycles. The number of rotatable bonds is 9. The van der Waals surface area contributed by atoms with Crippen LogP contribution in [0.2, 0.25) is 0 Å². The van der Waals surface area contributed by atoms with Crippen LogP contribution in [0.5, 0.6) is 23.0 Å². The van der Waals surface area contributed by atoms with Gasteiger partial charge in [0.05, 0.1) is 19.3 Å². The maximum atomic E-state index is 11.5. The zero-order valence-corrected chi connectivity index (χ0v) is 13.8. The molecule has 0 atom stereocenters. The van der Waals surface area contributed by atoms with Gasteiger partial charge in [-0.3, -0.25) is 4.79 Å². The summed E-state index contributed by atoms with van der Waals surface area (Å²) in [5, 5.41) is 0. The number of amides is 1. The van der Waals surface area contributed by atoms with E-state index >= 15 is 0 Å². The second-order valence-electron chi connectivity index (χ2n) is 4.80. The highest BCUT2D eigenvalue weighted by molar-refractivity contribution is 5.96. The average Bonchev–Trinajstić information content (AvgIpc) is 2.60. The Kier molecular flexibility index (Phi) is 6.31. The van der Waals surface area contributed by atoms with E-state index in [0.29, 0.717) is 30.5 Å². The number of hydrogen-bond acceptors (Lipinski definition) is 5. The third-order valence-corrected chi connectivity index (χ3v) is 3.20. The molecule has 0 heterocycles. The average molecular weight is 331 g/mol. The van der Waals surface area contributed by atoms with Gasteiger partial charge >= 0.3 is 0 Å². The number of methoxy groups -OCH3 is 1. The third kappa shape index (κ3) is 4.55. The van der Waals surface area contributed by atoms with Crippen LogP contribution in [0.25, 0.3) is 0 Å². The minimum atomic E-state index is -0.573. The molecule has 6 heteroatoms. The predicted octanol–water partition coefficient (Wildman–Crippen LogP) is 2.65. The molecule has 2 N–H and O–H groups in total. The minimum Gasteiger partial charge on any atom is -0.494 e. The first kappa shape index (κ1) is 17.5. The van der Waals surface area contributed by atoms with Crippen LogP contribution in [0, 0.1) is 0 Å². The Morgan fingerprint density at radius 3 is 2.17 bits per heavy atom. The number of primary amides is 1. The molecule has 2 aromatic rings. The Bertz CT molecular complexity index is 670. The van der Waals surface area contributed by atoms with Crippen LogP contribution < -0.4 is 24.7 Å². The summed E-state index contributed by atoms with van der Waals surface area (Å²) in [4.78, 5) is 11.5. The van der Waals surface area contributed by atoms with Crippen LogP contribution in [0.3, 0.4) is 0 Å². The van der Waals surface area contributed by atoms with E-state index in [1.807, 2.05) is 31.2 Å². The molecular formula is C18H21NO5. The van der Waals surface area contributed by atoms with Crippen molar-refractivity contribution in [2.24, 2.45) is 5.73 Å². The molecule has 0 unspecified atom stereocenters. The summed E-state index contributed by atoms with van der Waals surface area (Å²) in [7, 11) is 1.50. The monoisotopic (exact) mass is 331 g/mol. The molecule has 2 rings (SSSR count). The Hall–Kier alpha value is -2.89. The number of hydrogen-bond donors (Lipinski definition) is 1. The normalized spacial score (nSPS) is 10.1. The fourth-order valence-corrected chi connectivity index (χ4v) is 2.12. The number of ether oxygens (including phenoxy) is 4. The molecule has 0 saturated carbocycles. The van der Waals surface area contributed by atoms with Gasteiger partial charge in [-0.15, -0.1) is 0 Å². The van der Waals surface area contributed by atoms with Gasteiger partial charge in [0.25, 0.3) is 5.91 Å². The quantitative estimate of drug-likeness (QED) is 0.715. The van der Waals surface area contributed by atoms with Gasteiger partial charge in [0, 0.05) is 0 Å². The number of para-hydroxylation sites is 1. The summed E-state index contributed by atoms with van der Waals surface area (Å²) in [6.45, 7) is 3.10. The van der Waals surface area contributed by atoms with Gasteiger partial charge in [-0.1, -0.05) is 6.07 Å². The van der Waals surface area contributed by atoms with Crippen molar-refractivity contribution >= 4 is 5.91 Å². The smallest absolute Gasteiger partial charge is 0.252 e. The lowest BCUT2D eigenvalue weighted by Crippen LogP contribution is -2.16. The highest BCUT2D eigenvalue weighted by atomic mass is 16.5. The lowest BCUT2D eigenvalue weighted by Gasteiger charge is -2.14. The lowest BCUT2D eigenvalue weighted by atomic mass is 10.2. The standard InChI is InChI=1S/C18H21NO5/c1-3-22-13-7-9-14(10-8-13)23-11-12-24-17-15(18(19)20)5-4-6-16(17)21-2/h4-10H,3,11-12H2,1-2H3,(H2,19,20). The Balaban J connectivity index is 1.91. The van der Waals surface area contributed by atoms with E-state index in [1.165, 1.54) is 7.11 Å². The molecule has 0 spiro atoms. The van der Waals surface area contributed by atoms with Crippen molar-refractivity contribution in [3.8, 4) is 23.0 Å². The number of benzene rings is 2. The Labute approximate surface area is 141 Å². The zero-order valence-electron chi connectivity index (χ0n) is 13.8. The first-order chi connectivity index (χ1) is 11.7. The van der Waals surface area contributed by atoms with Crippen molar-refractivity contribution in [1.82, 2.24) is 0 Å². The summed E-state index contributed by atoms with van der Waals surface area (Å²) < 4.78 is 21.8. The van der Waals surface area contributed by atoms with E-state index in [9.17, 15) is 4.79 Å². The molecule has 0 radical (unpaired) electrons. The van der Waals surface area contributed by atoms with E-state index in [-0.39, 0.29) is 12.2 Å². The van der Waals surface area contributed by atoms with Crippen molar-refractivity contribution in [3.63, 3.8) is 0 Å². The Morgan fingerprint density at radius 1 is 0.958 bits per heavy atom. The van der Waals surface area contributed by atoms with Crippen LogP contribution >= 0.6 is 0 Å². The highest BCUT2D eigenvalue weighted by Gasteiger charge is 2.14. The van der Waals surface area contributed by atoms with Crippen molar-refractivity contribution in [2.45, 2.75) is 6.92 Å². The summed E-state index contributed by atoms with van der Waals surface area (Å²) in [5.41, 5.74) is 5.63. The first-order valence-corrected chi connectivity index (χ1v) is 7.61. The molecular weight excluding hydrogens is 310 g/mol.